The molecule has 1 aliphatic rings. The Bertz CT molecular complexity index is 1450. The zero-order valence-electron chi connectivity index (χ0n) is 20.8. The number of thioether (sulfide) groups is 1. The Morgan fingerprint density at radius 2 is 1.64 bits per heavy atom. The summed E-state index contributed by atoms with van der Waals surface area (Å²) >= 11 is 0.803. The molecule has 0 atom stereocenters. The average molecular weight is 551 g/mol. The first-order valence-electron chi connectivity index (χ1n) is 11.5. The summed E-state index contributed by atoms with van der Waals surface area (Å²) < 4.78 is 21.6. The predicted octanol–water partition coefficient (Wildman–Crippen LogP) is 4.95. The van der Waals surface area contributed by atoms with E-state index in [1.807, 2.05) is 0 Å². The molecule has 0 unspecified atom stereocenters. The molecule has 0 saturated carbocycles. The van der Waals surface area contributed by atoms with Gasteiger partial charge in [-0.1, -0.05) is 18.2 Å². The van der Waals surface area contributed by atoms with Crippen molar-refractivity contribution >= 4 is 40.6 Å². The van der Waals surface area contributed by atoms with Gasteiger partial charge in [0.1, 0.15) is 6.61 Å². The van der Waals surface area contributed by atoms with Crippen LogP contribution < -0.4 is 18.9 Å². The summed E-state index contributed by atoms with van der Waals surface area (Å²) in [7, 11) is 2.91. The summed E-state index contributed by atoms with van der Waals surface area (Å²) in [5.41, 5.74) is 0.509. The number of amides is 2. The number of para-hydroxylation sites is 2. The minimum Gasteiger partial charge on any atom is -0.493 e. The van der Waals surface area contributed by atoms with Gasteiger partial charge in [-0.05, 0) is 59.8 Å². The minimum atomic E-state index is -0.729. The summed E-state index contributed by atoms with van der Waals surface area (Å²) in [6, 6.07) is 16.7. The largest absolute Gasteiger partial charge is 0.493 e. The lowest BCUT2D eigenvalue weighted by Gasteiger charge is -2.14. The van der Waals surface area contributed by atoms with Crippen molar-refractivity contribution in [1.82, 2.24) is 4.90 Å². The summed E-state index contributed by atoms with van der Waals surface area (Å²) in [4.78, 5) is 49.4. The van der Waals surface area contributed by atoms with Gasteiger partial charge in [0.15, 0.2) is 23.0 Å². The second-order valence-electron chi connectivity index (χ2n) is 7.94. The zero-order chi connectivity index (χ0) is 27.9. The highest BCUT2D eigenvalue weighted by atomic mass is 32.2. The molecule has 0 aromatic heterocycles. The van der Waals surface area contributed by atoms with Crippen LogP contribution in [0.15, 0.2) is 71.6 Å². The average Bonchev–Trinajstić information content (AvgIpc) is 3.21. The Hall–Kier alpha value is -4.84. The third kappa shape index (κ3) is 6.36. The number of hydrogen-bond acceptors (Lipinski definition) is 10. The van der Waals surface area contributed by atoms with Crippen molar-refractivity contribution in [3.05, 3.63) is 92.9 Å². The predicted molar refractivity (Wildman–Crippen MR) is 142 cm³/mol. The van der Waals surface area contributed by atoms with Gasteiger partial charge in [0, 0.05) is 12.1 Å². The Balaban J connectivity index is 1.42. The number of benzene rings is 3. The number of hydrogen-bond donors (Lipinski definition) is 0. The van der Waals surface area contributed by atoms with Crippen LogP contribution in [0.4, 0.5) is 10.5 Å². The highest BCUT2D eigenvalue weighted by molar-refractivity contribution is 8.18. The van der Waals surface area contributed by atoms with Crippen LogP contribution in [0.1, 0.15) is 15.9 Å². The molecule has 0 N–H and O–H groups in total. The zero-order valence-corrected chi connectivity index (χ0v) is 21.6. The molecule has 4 rings (SSSR count). The fraction of sp³-hybridized carbons (Fsp3) is 0.148. The molecule has 0 bridgehead atoms. The lowest BCUT2D eigenvalue weighted by Crippen LogP contribution is -2.32. The van der Waals surface area contributed by atoms with Crippen molar-refractivity contribution in [3.63, 3.8) is 0 Å². The number of carbonyl (C=O) groups is 3. The summed E-state index contributed by atoms with van der Waals surface area (Å²) in [5.74, 6) is 0.183. The van der Waals surface area contributed by atoms with Crippen LogP contribution in [0.3, 0.4) is 0 Å². The van der Waals surface area contributed by atoms with Crippen LogP contribution in [0.2, 0.25) is 0 Å². The van der Waals surface area contributed by atoms with E-state index in [1.54, 1.807) is 36.4 Å². The molecule has 3 aromatic rings. The third-order valence-electron chi connectivity index (χ3n) is 5.52. The summed E-state index contributed by atoms with van der Waals surface area (Å²) in [6.45, 7) is 0.148. The second-order valence-corrected chi connectivity index (χ2v) is 8.93. The highest BCUT2D eigenvalue weighted by Crippen LogP contribution is 2.35. The van der Waals surface area contributed by atoms with E-state index in [2.05, 4.69) is 0 Å². The number of carbonyl (C=O) groups excluding carboxylic acids is 3. The van der Waals surface area contributed by atoms with Gasteiger partial charge in [-0.2, -0.15) is 0 Å². The van der Waals surface area contributed by atoms with Gasteiger partial charge in [0.25, 0.3) is 16.8 Å². The molecule has 200 valence electrons. The topological polar surface area (TPSA) is 135 Å². The molecule has 0 radical (unpaired) electrons. The first kappa shape index (κ1) is 27.2. The van der Waals surface area contributed by atoms with Gasteiger partial charge < -0.3 is 18.9 Å². The van der Waals surface area contributed by atoms with Gasteiger partial charge in [0.05, 0.1) is 36.2 Å². The number of rotatable bonds is 10. The Morgan fingerprint density at radius 3 is 2.31 bits per heavy atom. The molecule has 0 spiro atoms. The van der Waals surface area contributed by atoms with E-state index in [0.717, 1.165) is 16.7 Å². The Morgan fingerprint density at radius 1 is 0.949 bits per heavy atom. The number of nitro benzene ring substituents is 1. The van der Waals surface area contributed by atoms with Crippen LogP contribution >= 0.6 is 11.8 Å². The van der Waals surface area contributed by atoms with Crippen molar-refractivity contribution in [2.75, 3.05) is 27.4 Å². The number of esters is 1. The molecule has 12 heteroatoms. The Labute approximate surface area is 227 Å². The van der Waals surface area contributed by atoms with Crippen molar-refractivity contribution in [3.8, 4) is 23.0 Å². The van der Waals surface area contributed by atoms with Crippen LogP contribution in [-0.2, 0) is 4.79 Å². The lowest BCUT2D eigenvalue weighted by atomic mass is 10.1. The van der Waals surface area contributed by atoms with Gasteiger partial charge in [-0.15, -0.1) is 0 Å². The summed E-state index contributed by atoms with van der Waals surface area (Å²) in [6.07, 6.45) is 1.54. The molecule has 1 heterocycles. The van der Waals surface area contributed by atoms with Gasteiger partial charge in [-0.25, -0.2) is 4.79 Å². The maximum atomic E-state index is 12.9. The molecule has 2 amide bonds. The number of non-ortho nitro benzene ring substituents is 1. The van der Waals surface area contributed by atoms with Crippen molar-refractivity contribution < 1.29 is 38.3 Å². The van der Waals surface area contributed by atoms with E-state index in [9.17, 15) is 24.5 Å². The first-order valence-corrected chi connectivity index (χ1v) is 12.3. The molecule has 1 fully saturated rings. The number of imide groups is 1. The first-order chi connectivity index (χ1) is 18.8. The molecular formula is C27H22N2O9S. The lowest BCUT2D eigenvalue weighted by molar-refractivity contribution is -0.384. The van der Waals surface area contributed by atoms with Crippen LogP contribution in [-0.4, -0.2) is 54.3 Å². The fourth-order valence-corrected chi connectivity index (χ4v) is 4.43. The third-order valence-corrected chi connectivity index (χ3v) is 6.42. The van der Waals surface area contributed by atoms with Crippen LogP contribution in [0, 0.1) is 10.1 Å². The molecule has 3 aromatic carbocycles. The number of nitro groups is 1. The van der Waals surface area contributed by atoms with E-state index >= 15 is 0 Å². The van der Waals surface area contributed by atoms with Crippen LogP contribution in [0.25, 0.3) is 6.08 Å². The number of methoxy groups -OCH3 is 2. The SMILES string of the molecule is COc1ccccc1OCCN1C(=O)S/C(=C\c2ccc(OC(=O)c3ccc([N+](=O)[O-])cc3)c(OC)c2)C1=O. The smallest absolute Gasteiger partial charge is 0.343 e. The Kier molecular flexibility index (Phi) is 8.46. The quantitative estimate of drug-likeness (QED) is 0.112. The molecule has 1 saturated heterocycles. The second kappa shape index (κ2) is 12.1. The van der Waals surface area contributed by atoms with E-state index in [-0.39, 0.29) is 40.8 Å². The van der Waals surface area contributed by atoms with E-state index in [0.29, 0.717) is 17.1 Å². The van der Waals surface area contributed by atoms with Crippen molar-refractivity contribution in [2.45, 2.75) is 0 Å². The normalized spacial score (nSPS) is 13.9. The van der Waals surface area contributed by atoms with E-state index in [4.69, 9.17) is 18.9 Å². The van der Waals surface area contributed by atoms with Crippen LogP contribution in [0.5, 0.6) is 23.0 Å². The van der Waals surface area contributed by atoms with E-state index in [1.165, 1.54) is 50.6 Å². The van der Waals surface area contributed by atoms with Gasteiger partial charge in [0.2, 0.25) is 0 Å². The maximum absolute atomic E-state index is 12.9. The van der Waals surface area contributed by atoms with E-state index < -0.39 is 22.0 Å². The standard InChI is InChI=1S/C27H22N2O9S/c1-35-20-5-3-4-6-21(20)37-14-13-28-25(30)24(39-27(28)32)16-17-7-12-22(23(15-17)36-2)38-26(31)18-8-10-19(11-9-18)29(33)34/h3-12,15-16H,13-14H2,1-2H3/b24-16-. The maximum Gasteiger partial charge on any atom is 0.343 e. The summed E-state index contributed by atoms with van der Waals surface area (Å²) in [5, 5.41) is 10.4. The highest BCUT2D eigenvalue weighted by Gasteiger charge is 2.35. The minimum absolute atomic E-state index is 0.0565. The van der Waals surface area contributed by atoms with Gasteiger partial charge >= 0.3 is 5.97 Å². The van der Waals surface area contributed by atoms with Gasteiger partial charge in [-0.3, -0.25) is 24.6 Å². The van der Waals surface area contributed by atoms with Crippen molar-refractivity contribution in [2.24, 2.45) is 0 Å². The molecular weight excluding hydrogens is 528 g/mol. The molecule has 39 heavy (non-hydrogen) atoms. The molecule has 1 aliphatic heterocycles. The van der Waals surface area contributed by atoms with Crippen molar-refractivity contribution in [1.29, 1.82) is 0 Å². The molecule has 11 nitrogen and oxygen atoms in total. The molecule has 0 aliphatic carbocycles. The monoisotopic (exact) mass is 550 g/mol. The number of nitrogens with zero attached hydrogens (tertiary/aromatic N) is 2. The number of ether oxygens (including phenoxy) is 4. The fourth-order valence-electron chi connectivity index (χ4n) is 3.57.